The number of nitro benzene ring substituents is 1. The molecule has 31 heavy (non-hydrogen) atoms. The number of nitro groups is 1. The smallest absolute Gasteiger partial charge is 0.269 e. The molecule has 1 saturated heterocycles. The van der Waals surface area contributed by atoms with Crippen LogP contribution in [-0.4, -0.2) is 61.7 Å². The molecule has 0 atom stereocenters. The van der Waals surface area contributed by atoms with Crippen LogP contribution in [0.25, 0.3) is 11.9 Å². The fourth-order valence-corrected chi connectivity index (χ4v) is 3.37. The van der Waals surface area contributed by atoms with Gasteiger partial charge in [0.05, 0.1) is 4.92 Å². The van der Waals surface area contributed by atoms with E-state index in [2.05, 4.69) is 20.1 Å². The predicted octanol–water partition coefficient (Wildman–Crippen LogP) is 2.24. The average Bonchev–Trinajstić information content (AvgIpc) is 3.24. The van der Waals surface area contributed by atoms with Gasteiger partial charge in [0.2, 0.25) is 5.91 Å². The molecule has 0 saturated carbocycles. The summed E-state index contributed by atoms with van der Waals surface area (Å²) in [5.41, 5.74) is 0.761. The van der Waals surface area contributed by atoms with E-state index >= 15 is 0 Å². The summed E-state index contributed by atoms with van der Waals surface area (Å²) in [6.07, 6.45) is 6.73. The minimum Gasteiger partial charge on any atom is -0.352 e. The summed E-state index contributed by atoms with van der Waals surface area (Å²) in [4.78, 5) is 30.8. The van der Waals surface area contributed by atoms with Crippen LogP contribution in [0.4, 0.5) is 11.5 Å². The van der Waals surface area contributed by atoms with Crippen LogP contribution in [0.1, 0.15) is 11.4 Å². The third kappa shape index (κ3) is 4.58. The molecule has 0 N–H and O–H groups in total. The van der Waals surface area contributed by atoms with Gasteiger partial charge >= 0.3 is 0 Å². The first-order valence-corrected chi connectivity index (χ1v) is 9.82. The Morgan fingerprint density at radius 3 is 2.29 bits per heavy atom. The molecular weight excluding hydrogens is 398 g/mol. The number of carbonyl (C=O) groups is 1. The van der Waals surface area contributed by atoms with E-state index in [1.807, 2.05) is 29.8 Å². The fraction of sp³-hybridized carbons (Fsp3) is 0.238. The van der Waals surface area contributed by atoms with Gasteiger partial charge in [-0.3, -0.25) is 19.5 Å². The van der Waals surface area contributed by atoms with Crippen molar-refractivity contribution in [1.82, 2.24) is 24.6 Å². The lowest BCUT2D eigenvalue weighted by atomic mass is 10.2. The minimum atomic E-state index is -0.450. The van der Waals surface area contributed by atoms with Crippen LogP contribution < -0.4 is 4.90 Å². The molecular formula is C21H21N7O3. The van der Waals surface area contributed by atoms with E-state index in [1.165, 1.54) is 18.2 Å². The van der Waals surface area contributed by atoms with Crippen molar-refractivity contribution in [2.45, 2.75) is 6.92 Å². The Hall–Kier alpha value is -4.08. The largest absolute Gasteiger partial charge is 0.352 e. The number of nitrogens with zero attached hydrogens (tertiary/aromatic N) is 7. The summed E-state index contributed by atoms with van der Waals surface area (Å²) in [6.45, 7) is 4.38. The Balaban J connectivity index is 1.32. The van der Waals surface area contributed by atoms with Crippen molar-refractivity contribution in [3.05, 3.63) is 76.4 Å². The van der Waals surface area contributed by atoms with Gasteiger partial charge in [0.1, 0.15) is 5.82 Å². The molecule has 1 aromatic carbocycles. The summed E-state index contributed by atoms with van der Waals surface area (Å²) >= 11 is 0. The highest BCUT2D eigenvalue weighted by atomic mass is 16.6. The second kappa shape index (κ2) is 8.74. The van der Waals surface area contributed by atoms with Crippen LogP contribution in [-0.2, 0) is 4.79 Å². The Kier molecular flexibility index (Phi) is 5.69. The zero-order chi connectivity index (χ0) is 21.8. The van der Waals surface area contributed by atoms with E-state index in [0.29, 0.717) is 32.0 Å². The van der Waals surface area contributed by atoms with Crippen LogP contribution >= 0.6 is 0 Å². The maximum Gasteiger partial charge on any atom is 0.269 e. The molecule has 10 heteroatoms. The van der Waals surface area contributed by atoms with Gasteiger partial charge < -0.3 is 9.80 Å². The molecule has 0 aliphatic carbocycles. The quantitative estimate of drug-likeness (QED) is 0.354. The first kappa shape index (κ1) is 20.2. The summed E-state index contributed by atoms with van der Waals surface area (Å²) in [5, 5.41) is 19.3. The standard InChI is InChI=1S/C21H21N7O3/c1-16-22-10-11-27(16)20-8-7-19(23-24-20)25-12-14-26(15-13-25)21(29)9-4-17-2-5-18(6-3-17)28(30)31/h2-11H,12-15H2,1H3/b9-4+. The molecule has 0 radical (unpaired) electrons. The van der Waals surface area contributed by atoms with Gasteiger partial charge in [-0.25, -0.2) is 4.98 Å². The van der Waals surface area contributed by atoms with E-state index in [0.717, 1.165) is 17.2 Å². The minimum absolute atomic E-state index is 0.0240. The summed E-state index contributed by atoms with van der Waals surface area (Å²) in [7, 11) is 0. The monoisotopic (exact) mass is 419 g/mol. The Morgan fingerprint density at radius 1 is 1.03 bits per heavy atom. The normalized spacial score (nSPS) is 14.2. The number of rotatable bonds is 5. The molecule has 10 nitrogen and oxygen atoms in total. The number of piperazine rings is 1. The number of anilines is 1. The molecule has 0 unspecified atom stereocenters. The van der Waals surface area contributed by atoms with E-state index < -0.39 is 4.92 Å². The zero-order valence-corrected chi connectivity index (χ0v) is 17.0. The first-order valence-electron chi connectivity index (χ1n) is 9.82. The summed E-state index contributed by atoms with van der Waals surface area (Å²) in [6, 6.07) is 9.91. The van der Waals surface area contributed by atoms with Crippen molar-refractivity contribution < 1.29 is 9.72 Å². The number of non-ortho nitro benzene ring substituents is 1. The van der Waals surface area contributed by atoms with Crippen LogP contribution in [0.2, 0.25) is 0 Å². The molecule has 1 amide bonds. The number of hydrogen-bond acceptors (Lipinski definition) is 7. The lowest BCUT2D eigenvalue weighted by molar-refractivity contribution is -0.384. The predicted molar refractivity (Wildman–Crippen MR) is 115 cm³/mol. The number of hydrogen-bond donors (Lipinski definition) is 0. The van der Waals surface area contributed by atoms with E-state index in [4.69, 9.17) is 0 Å². The van der Waals surface area contributed by atoms with Crippen molar-refractivity contribution in [1.29, 1.82) is 0 Å². The molecule has 2 aromatic heterocycles. The Labute approximate surface area is 178 Å². The topological polar surface area (TPSA) is 110 Å². The van der Waals surface area contributed by atoms with Gasteiger partial charge in [-0.05, 0) is 42.8 Å². The van der Waals surface area contributed by atoms with Gasteiger partial charge in [0.15, 0.2) is 11.6 Å². The highest BCUT2D eigenvalue weighted by molar-refractivity contribution is 5.92. The third-order valence-electron chi connectivity index (χ3n) is 5.15. The van der Waals surface area contributed by atoms with Crippen molar-refractivity contribution in [3.63, 3.8) is 0 Å². The molecule has 0 bridgehead atoms. The van der Waals surface area contributed by atoms with Gasteiger partial charge in [-0.2, -0.15) is 0 Å². The van der Waals surface area contributed by atoms with E-state index in [1.54, 1.807) is 29.3 Å². The van der Waals surface area contributed by atoms with Gasteiger partial charge in [-0.1, -0.05) is 0 Å². The van der Waals surface area contributed by atoms with Crippen molar-refractivity contribution >= 4 is 23.5 Å². The maximum absolute atomic E-state index is 12.5. The highest BCUT2D eigenvalue weighted by Gasteiger charge is 2.21. The molecule has 1 aliphatic heterocycles. The molecule has 1 aliphatic rings. The Bertz CT molecular complexity index is 1100. The fourth-order valence-electron chi connectivity index (χ4n) is 3.37. The highest BCUT2D eigenvalue weighted by Crippen LogP contribution is 2.16. The van der Waals surface area contributed by atoms with Gasteiger partial charge in [0, 0.05) is 56.8 Å². The van der Waals surface area contributed by atoms with Crippen molar-refractivity contribution in [3.8, 4) is 5.82 Å². The average molecular weight is 419 g/mol. The zero-order valence-electron chi connectivity index (χ0n) is 17.0. The number of aryl methyl sites for hydroxylation is 1. The SMILES string of the molecule is Cc1nccn1-c1ccc(N2CCN(C(=O)/C=C/c3ccc([N+](=O)[O-])cc3)CC2)nn1. The number of benzene rings is 1. The maximum atomic E-state index is 12.5. The number of amides is 1. The second-order valence-corrected chi connectivity index (χ2v) is 7.09. The molecule has 0 spiro atoms. The van der Waals surface area contributed by atoms with E-state index in [-0.39, 0.29) is 11.6 Å². The molecule has 158 valence electrons. The van der Waals surface area contributed by atoms with E-state index in [9.17, 15) is 14.9 Å². The van der Waals surface area contributed by atoms with Crippen molar-refractivity contribution in [2.24, 2.45) is 0 Å². The van der Waals surface area contributed by atoms with Crippen LogP contribution in [0, 0.1) is 17.0 Å². The number of aromatic nitrogens is 4. The molecule has 3 heterocycles. The van der Waals surface area contributed by atoms with Gasteiger partial charge in [-0.15, -0.1) is 10.2 Å². The lowest BCUT2D eigenvalue weighted by Crippen LogP contribution is -2.48. The van der Waals surface area contributed by atoms with Gasteiger partial charge in [0.25, 0.3) is 5.69 Å². The summed E-state index contributed by atoms with van der Waals surface area (Å²) < 4.78 is 1.87. The van der Waals surface area contributed by atoms with Crippen molar-refractivity contribution in [2.75, 3.05) is 31.1 Å². The lowest BCUT2D eigenvalue weighted by Gasteiger charge is -2.34. The third-order valence-corrected chi connectivity index (χ3v) is 5.15. The molecule has 4 rings (SSSR count). The summed E-state index contributed by atoms with van der Waals surface area (Å²) in [5.74, 6) is 2.24. The van der Waals surface area contributed by atoms with Crippen LogP contribution in [0.5, 0.6) is 0 Å². The first-order chi connectivity index (χ1) is 15.0. The molecule has 3 aromatic rings. The number of carbonyl (C=O) groups excluding carboxylic acids is 1. The Morgan fingerprint density at radius 2 is 1.71 bits per heavy atom. The second-order valence-electron chi connectivity index (χ2n) is 7.09. The molecule has 1 fully saturated rings. The van der Waals surface area contributed by atoms with Crippen LogP contribution in [0.15, 0.2) is 54.9 Å². The number of imidazole rings is 1. The van der Waals surface area contributed by atoms with Crippen LogP contribution in [0.3, 0.4) is 0 Å².